The first-order valence-corrected chi connectivity index (χ1v) is 14.4. The van der Waals surface area contributed by atoms with E-state index in [4.69, 9.17) is 0 Å². The zero-order chi connectivity index (χ0) is 31.4. The fourth-order valence-electron chi connectivity index (χ4n) is 5.04. The number of nitrogens with zero attached hydrogens (tertiary/aromatic N) is 3. The number of hydrazine groups is 1. The molecule has 0 radical (unpaired) electrons. The van der Waals surface area contributed by atoms with Crippen LogP contribution in [0.25, 0.3) is 11.1 Å². The van der Waals surface area contributed by atoms with Gasteiger partial charge in [-0.05, 0) is 72.7 Å². The fraction of sp³-hybridized carbons (Fsp3) is 0.312. The summed E-state index contributed by atoms with van der Waals surface area (Å²) in [5.41, 5.74) is 8.52. The van der Waals surface area contributed by atoms with Gasteiger partial charge in [0.1, 0.15) is 29.7 Å². The van der Waals surface area contributed by atoms with Crippen molar-refractivity contribution in [3.05, 3.63) is 101 Å². The quantitative estimate of drug-likeness (QED) is 0.169. The minimum absolute atomic E-state index is 0.0123. The van der Waals surface area contributed by atoms with E-state index in [1.54, 1.807) is 43.6 Å². The zero-order valence-electron chi connectivity index (χ0n) is 24.6. The minimum atomic E-state index is -0.832. The van der Waals surface area contributed by atoms with Crippen LogP contribution in [0.2, 0.25) is 0 Å². The number of carbonyl (C=O) groups is 2. The van der Waals surface area contributed by atoms with Crippen LogP contribution in [0, 0.1) is 17.5 Å². The Hall–Kier alpha value is -4.71. The summed E-state index contributed by atoms with van der Waals surface area (Å²) in [4.78, 5) is 30.8. The Bertz CT molecular complexity index is 1650. The lowest BCUT2D eigenvalue weighted by atomic mass is 9.95. The van der Waals surface area contributed by atoms with Crippen LogP contribution in [0.4, 0.5) is 18.9 Å². The normalized spacial score (nSPS) is 13.5. The molecular formula is C32H34F3N7O2. The average molecular weight is 606 g/mol. The van der Waals surface area contributed by atoms with Crippen LogP contribution in [0.1, 0.15) is 66.1 Å². The third-order valence-corrected chi connectivity index (χ3v) is 7.24. The predicted molar refractivity (Wildman–Crippen MR) is 160 cm³/mol. The van der Waals surface area contributed by atoms with Gasteiger partial charge in [-0.1, -0.05) is 26.0 Å². The molecule has 2 aromatic heterocycles. The van der Waals surface area contributed by atoms with Crippen molar-refractivity contribution < 1.29 is 22.8 Å². The lowest BCUT2D eigenvalue weighted by Crippen LogP contribution is -2.34. The van der Waals surface area contributed by atoms with Gasteiger partial charge in [0, 0.05) is 36.6 Å². The van der Waals surface area contributed by atoms with Gasteiger partial charge in [0.05, 0.1) is 17.4 Å². The molecule has 4 N–H and O–H groups in total. The number of nitrogens with one attached hydrogen (secondary N) is 4. The number of aromatic nitrogens is 3. The van der Waals surface area contributed by atoms with Gasteiger partial charge in [0.25, 0.3) is 5.91 Å². The Balaban J connectivity index is 1.47. The Morgan fingerprint density at radius 3 is 2.45 bits per heavy atom. The molecule has 9 nitrogen and oxygen atoms in total. The van der Waals surface area contributed by atoms with Crippen molar-refractivity contribution in [2.45, 2.75) is 57.7 Å². The van der Waals surface area contributed by atoms with Crippen molar-refractivity contribution in [1.29, 1.82) is 0 Å². The highest BCUT2D eigenvalue weighted by atomic mass is 19.1. The van der Waals surface area contributed by atoms with E-state index in [1.807, 2.05) is 13.8 Å². The molecule has 1 aliphatic carbocycles. The molecule has 12 heteroatoms. The molecule has 0 saturated heterocycles. The summed E-state index contributed by atoms with van der Waals surface area (Å²) in [5.74, 6) is -2.72. The van der Waals surface area contributed by atoms with E-state index in [9.17, 15) is 22.8 Å². The molecule has 1 aliphatic rings. The molecule has 2 aromatic carbocycles. The van der Waals surface area contributed by atoms with Gasteiger partial charge in [-0.3, -0.25) is 19.3 Å². The van der Waals surface area contributed by atoms with E-state index < -0.39 is 29.4 Å². The summed E-state index contributed by atoms with van der Waals surface area (Å²) < 4.78 is 44.2. The number of pyridine rings is 1. The van der Waals surface area contributed by atoms with Crippen LogP contribution in [-0.2, 0) is 17.8 Å². The first-order chi connectivity index (χ1) is 21.1. The second-order valence-corrected chi connectivity index (χ2v) is 11.1. The molecule has 1 fully saturated rings. The van der Waals surface area contributed by atoms with Crippen molar-refractivity contribution in [3.63, 3.8) is 0 Å². The maximum atomic E-state index is 14.4. The average Bonchev–Trinajstić information content (AvgIpc) is 3.68. The van der Waals surface area contributed by atoms with Gasteiger partial charge >= 0.3 is 0 Å². The summed E-state index contributed by atoms with van der Waals surface area (Å²) >= 11 is 0. The first kappa shape index (κ1) is 30.7. The molecule has 4 aromatic rings. The topological polar surface area (TPSA) is 113 Å². The van der Waals surface area contributed by atoms with Crippen molar-refractivity contribution in [3.8, 4) is 11.1 Å². The lowest BCUT2D eigenvalue weighted by molar-refractivity contribution is -0.122. The number of amides is 2. The molecule has 1 saturated carbocycles. The Morgan fingerprint density at radius 2 is 1.77 bits per heavy atom. The molecule has 2 amide bonds. The van der Waals surface area contributed by atoms with Crippen molar-refractivity contribution in [2.75, 3.05) is 12.5 Å². The van der Waals surface area contributed by atoms with Crippen LogP contribution >= 0.6 is 0 Å². The van der Waals surface area contributed by atoms with Crippen LogP contribution in [0.15, 0.2) is 60.8 Å². The van der Waals surface area contributed by atoms with E-state index in [2.05, 4.69) is 31.6 Å². The lowest BCUT2D eigenvalue weighted by Gasteiger charge is -2.22. The first-order valence-electron chi connectivity index (χ1n) is 14.4. The van der Waals surface area contributed by atoms with Crippen LogP contribution in [-0.4, -0.2) is 39.7 Å². The van der Waals surface area contributed by atoms with Gasteiger partial charge < -0.3 is 16.1 Å². The highest BCUT2D eigenvalue weighted by Crippen LogP contribution is 2.31. The van der Waals surface area contributed by atoms with Crippen molar-refractivity contribution in [2.24, 2.45) is 0 Å². The Labute approximate surface area is 253 Å². The number of anilines is 1. The largest absolute Gasteiger partial charge is 0.348 e. The summed E-state index contributed by atoms with van der Waals surface area (Å²) in [6, 6.07) is 12.2. The van der Waals surface area contributed by atoms with E-state index in [1.165, 1.54) is 22.9 Å². The van der Waals surface area contributed by atoms with Gasteiger partial charge in [-0.15, -0.1) is 0 Å². The van der Waals surface area contributed by atoms with Gasteiger partial charge in [0.15, 0.2) is 0 Å². The van der Waals surface area contributed by atoms with Gasteiger partial charge in [-0.25, -0.2) is 18.6 Å². The number of carbonyl (C=O) groups excluding carboxylic acids is 2. The second kappa shape index (κ2) is 13.3. The fourth-order valence-corrected chi connectivity index (χ4v) is 5.04. The van der Waals surface area contributed by atoms with E-state index >= 15 is 0 Å². The van der Waals surface area contributed by atoms with E-state index in [0.29, 0.717) is 28.1 Å². The van der Waals surface area contributed by atoms with E-state index in [0.717, 1.165) is 18.9 Å². The summed E-state index contributed by atoms with van der Waals surface area (Å²) in [6.07, 6.45) is 3.43. The Kier molecular flexibility index (Phi) is 9.29. The standard InChI is InChI=1S/C32H34F3N7O2/c1-18(2)29-16-28(32(44)38-23-7-8-23)41-42(29)17-30(43)39-27(13-19-11-21(33)15-22(34)12-19)31-24(5-4-10-37-31)20-6-9-25(35)26(14-20)40-36-3/h4-6,9-12,14-16,18,23,27,36,40H,7-8,13,17H2,1-3H3,(H,38,44)(H,39,43)/t27-/m0/s1. The van der Waals surface area contributed by atoms with Crippen molar-refractivity contribution >= 4 is 17.5 Å². The molecule has 0 spiro atoms. The molecule has 0 aliphatic heterocycles. The highest BCUT2D eigenvalue weighted by Gasteiger charge is 2.27. The predicted octanol–water partition coefficient (Wildman–Crippen LogP) is 5.02. The van der Waals surface area contributed by atoms with Crippen LogP contribution < -0.4 is 21.5 Å². The number of benzene rings is 2. The third-order valence-electron chi connectivity index (χ3n) is 7.24. The molecular weight excluding hydrogens is 571 g/mol. The third kappa shape index (κ3) is 7.43. The monoisotopic (exact) mass is 605 g/mol. The SMILES string of the molecule is CNNc1cc(-c2cccnc2[C@H](Cc2cc(F)cc(F)c2)NC(=O)Cn2nc(C(=O)NC3CC3)cc2C(C)C)ccc1F. The number of hydrogen-bond donors (Lipinski definition) is 4. The minimum Gasteiger partial charge on any atom is -0.348 e. The summed E-state index contributed by atoms with van der Waals surface area (Å²) in [6.45, 7) is 3.68. The number of hydrogen-bond acceptors (Lipinski definition) is 6. The maximum absolute atomic E-state index is 14.4. The van der Waals surface area contributed by atoms with Gasteiger partial charge in [-0.2, -0.15) is 5.10 Å². The Morgan fingerprint density at radius 1 is 1.02 bits per heavy atom. The second-order valence-electron chi connectivity index (χ2n) is 11.1. The number of rotatable bonds is 12. The molecule has 5 rings (SSSR count). The summed E-state index contributed by atoms with van der Waals surface area (Å²) in [7, 11) is 1.61. The van der Waals surface area contributed by atoms with Crippen LogP contribution in [0.3, 0.4) is 0 Å². The van der Waals surface area contributed by atoms with Gasteiger partial charge in [0.2, 0.25) is 5.91 Å². The molecule has 0 bridgehead atoms. The molecule has 0 unspecified atom stereocenters. The van der Waals surface area contributed by atoms with E-state index in [-0.39, 0.29) is 42.2 Å². The van der Waals surface area contributed by atoms with Crippen molar-refractivity contribution in [1.82, 2.24) is 30.8 Å². The molecule has 230 valence electrons. The zero-order valence-corrected chi connectivity index (χ0v) is 24.6. The smallest absolute Gasteiger partial charge is 0.272 e. The molecule has 1 atom stereocenters. The molecule has 44 heavy (non-hydrogen) atoms. The number of halogens is 3. The maximum Gasteiger partial charge on any atom is 0.272 e. The summed E-state index contributed by atoms with van der Waals surface area (Å²) in [5, 5.41) is 10.3. The van der Waals surface area contributed by atoms with Crippen LogP contribution in [0.5, 0.6) is 0 Å². The molecule has 2 heterocycles. The highest BCUT2D eigenvalue weighted by molar-refractivity contribution is 5.93.